The van der Waals surface area contributed by atoms with E-state index in [-0.39, 0.29) is 16.8 Å². The van der Waals surface area contributed by atoms with Crippen molar-refractivity contribution in [1.82, 2.24) is 19.2 Å². The average molecular weight is 557 g/mol. The summed E-state index contributed by atoms with van der Waals surface area (Å²) in [4.78, 5) is 16.4. The molecule has 0 bridgehead atoms. The lowest BCUT2D eigenvalue weighted by Gasteiger charge is -2.13. The van der Waals surface area contributed by atoms with Crippen molar-refractivity contribution >= 4 is 15.5 Å². The lowest BCUT2D eigenvalue weighted by Crippen LogP contribution is -2.23. The zero-order valence-electron chi connectivity index (χ0n) is 18.9. The fourth-order valence-electron chi connectivity index (χ4n) is 3.43. The van der Waals surface area contributed by atoms with Crippen LogP contribution in [0.2, 0.25) is 0 Å². The highest BCUT2D eigenvalue weighted by Gasteiger charge is 2.33. The molecule has 0 N–H and O–H groups in total. The van der Waals surface area contributed by atoms with Crippen LogP contribution in [0.1, 0.15) is 18.1 Å². The number of alkyl halides is 6. The van der Waals surface area contributed by atoms with Crippen molar-refractivity contribution in [2.75, 3.05) is 5.75 Å². The Kier molecular flexibility index (Phi) is 6.44. The molecular formula is C22H13F6N5O4S. The highest BCUT2D eigenvalue weighted by atomic mass is 32.2. The van der Waals surface area contributed by atoms with Crippen LogP contribution in [0.4, 0.5) is 26.3 Å². The lowest BCUT2D eigenvalue weighted by atomic mass is 10.0. The van der Waals surface area contributed by atoms with Gasteiger partial charge in [-0.3, -0.25) is 0 Å². The van der Waals surface area contributed by atoms with Crippen LogP contribution in [0.15, 0.2) is 58.5 Å². The quantitative estimate of drug-likeness (QED) is 0.339. The molecule has 3 aromatic heterocycles. The summed E-state index contributed by atoms with van der Waals surface area (Å²) in [5.74, 6) is -1.74. The number of pyridine rings is 2. The Labute approximate surface area is 209 Å². The number of hydrogen-bond donors (Lipinski definition) is 0. The number of benzene rings is 1. The second-order valence-corrected chi connectivity index (χ2v) is 9.90. The molecule has 16 heteroatoms. The highest BCUT2D eigenvalue weighted by Crippen LogP contribution is 2.32. The summed E-state index contributed by atoms with van der Waals surface area (Å²) >= 11 is 0. The van der Waals surface area contributed by atoms with E-state index < -0.39 is 61.4 Å². The Balaban J connectivity index is 1.89. The maximum absolute atomic E-state index is 13.1. The third-order valence-corrected chi connectivity index (χ3v) is 6.98. The van der Waals surface area contributed by atoms with Gasteiger partial charge in [0.05, 0.1) is 16.9 Å². The molecule has 4 rings (SSSR count). The molecule has 0 saturated carbocycles. The number of ether oxygens (including phenoxy) is 1. The zero-order chi connectivity index (χ0) is 28.0. The molecule has 0 aliphatic heterocycles. The number of hydrogen-bond acceptors (Lipinski definition) is 7. The lowest BCUT2D eigenvalue weighted by molar-refractivity contribution is -0.274. The third kappa shape index (κ3) is 5.05. The van der Waals surface area contributed by atoms with Gasteiger partial charge in [0.1, 0.15) is 16.7 Å². The number of nitriles is 1. The summed E-state index contributed by atoms with van der Waals surface area (Å²) in [5.41, 5.74) is -2.83. The summed E-state index contributed by atoms with van der Waals surface area (Å²) in [7, 11) is -4.13. The van der Waals surface area contributed by atoms with Crippen molar-refractivity contribution in [1.29, 1.82) is 5.26 Å². The van der Waals surface area contributed by atoms with Gasteiger partial charge in [-0.15, -0.1) is 18.3 Å². The smallest absolute Gasteiger partial charge is 0.404 e. The molecule has 0 spiro atoms. The number of fused-ring (bicyclic) bond motifs is 1. The van der Waals surface area contributed by atoms with Crippen LogP contribution in [0, 0.1) is 11.3 Å². The fourth-order valence-corrected chi connectivity index (χ4v) is 4.46. The summed E-state index contributed by atoms with van der Waals surface area (Å²) in [6.07, 6.45) is -8.23. The standard InChI is InChI=1S/C22H13F6N5O4S/c1-2-38(35,36)17-8-14(12-3-5-16(13(7-12)9-29)37-22(26,27)28)10-30-19(17)33-20(34)32-11-15(21(23,24)25)4-6-18(32)31-33/h3-8,10-11H,2H2,1H3. The van der Waals surface area contributed by atoms with Gasteiger partial charge in [-0.2, -0.15) is 23.1 Å². The van der Waals surface area contributed by atoms with Crippen molar-refractivity contribution in [2.24, 2.45) is 0 Å². The third-order valence-electron chi connectivity index (χ3n) is 5.25. The van der Waals surface area contributed by atoms with Crippen LogP contribution < -0.4 is 10.4 Å². The molecule has 3 heterocycles. The highest BCUT2D eigenvalue weighted by molar-refractivity contribution is 7.91. The zero-order valence-corrected chi connectivity index (χ0v) is 19.7. The van der Waals surface area contributed by atoms with Gasteiger partial charge >= 0.3 is 18.2 Å². The monoisotopic (exact) mass is 557 g/mol. The van der Waals surface area contributed by atoms with Crippen LogP contribution in [0.5, 0.6) is 5.75 Å². The maximum atomic E-state index is 13.1. The molecule has 0 unspecified atom stereocenters. The average Bonchev–Trinajstić information content (AvgIpc) is 3.18. The van der Waals surface area contributed by atoms with Crippen LogP contribution in [0.3, 0.4) is 0 Å². The van der Waals surface area contributed by atoms with E-state index in [0.717, 1.165) is 36.5 Å². The van der Waals surface area contributed by atoms with Crippen molar-refractivity contribution < 1.29 is 39.5 Å². The number of sulfone groups is 1. The largest absolute Gasteiger partial charge is 0.573 e. The van der Waals surface area contributed by atoms with E-state index in [1.165, 1.54) is 6.92 Å². The van der Waals surface area contributed by atoms with Crippen LogP contribution in [0.25, 0.3) is 22.6 Å². The van der Waals surface area contributed by atoms with Crippen molar-refractivity contribution in [2.45, 2.75) is 24.4 Å². The first-order valence-corrected chi connectivity index (χ1v) is 12.0. The predicted octanol–water partition coefficient (Wildman–Crippen LogP) is 4.13. The molecule has 0 saturated heterocycles. The fraction of sp³-hybridized carbons (Fsp3) is 0.182. The van der Waals surface area contributed by atoms with E-state index >= 15 is 0 Å². The SMILES string of the molecule is CCS(=O)(=O)c1cc(-c2ccc(OC(F)(F)F)c(C#N)c2)cnc1-n1nc2ccc(C(F)(F)F)cn2c1=O. The normalized spacial score (nSPS) is 12.5. The van der Waals surface area contributed by atoms with Crippen molar-refractivity contribution in [3.05, 3.63) is 70.4 Å². The summed E-state index contributed by atoms with van der Waals surface area (Å²) < 4.78 is 108. The first-order chi connectivity index (χ1) is 17.6. The molecule has 0 amide bonds. The van der Waals surface area contributed by atoms with E-state index in [9.17, 15) is 44.8 Å². The molecule has 0 radical (unpaired) electrons. The van der Waals surface area contributed by atoms with E-state index in [1.807, 2.05) is 0 Å². The van der Waals surface area contributed by atoms with Gasteiger partial charge in [0.25, 0.3) is 0 Å². The van der Waals surface area contributed by atoms with Gasteiger partial charge in [-0.1, -0.05) is 13.0 Å². The van der Waals surface area contributed by atoms with Gasteiger partial charge in [0, 0.05) is 18.0 Å². The van der Waals surface area contributed by atoms with Crippen LogP contribution >= 0.6 is 0 Å². The number of nitrogens with zero attached hydrogens (tertiary/aromatic N) is 5. The van der Waals surface area contributed by atoms with Crippen molar-refractivity contribution in [3.8, 4) is 28.8 Å². The minimum Gasteiger partial charge on any atom is -0.404 e. The van der Waals surface area contributed by atoms with Crippen LogP contribution in [-0.2, 0) is 16.0 Å². The van der Waals surface area contributed by atoms with Gasteiger partial charge in [-0.05, 0) is 35.9 Å². The minimum atomic E-state index is -5.05. The van der Waals surface area contributed by atoms with E-state index in [2.05, 4.69) is 14.8 Å². The molecule has 0 aliphatic carbocycles. The first kappa shape index (κ1) is 26.7. The second-order valence-electron chi connectivity index (χ2n) is 7.66. The molecule has 4 aromatic rings. The van der Waals surface area contributed by atoms with Gasteiger partial charge in [-0.25, -0.2) is 22.6 Å². The van der Waals surface area contributed by atoms with Crippen molar-refractivity contribution in [3.63, 3.8) is 0 Å². The Morgan fingerprint density at radius 3 is 2.37 bits per heavy atom. The second kappa shape index (κ2) is 9.17. The maximum Gasteiger partial charge on any atom is 0.573 e. The minimum absolute atomic E-state index is 0.0482. The van der Waals surface area contributed by atoms with Gasteiger partial charge in [0.15, 0.2) is 21.3 Å². The Morgan fingerprint density at radius 1 is 1.05 bits per heavy atom. The molecule has 38 heavy (non-hydrogen) atoms. The summed E-state index contributed by atoms with van der Waals surface area (Å²) in [6, 6.07) is 7.28. The number of aromatic nitrogens is 4. The molecule has 9 nitrogen and oxygen atoms in total. The molecular weight excluding hydrogens is 544 g/mol. The van der Waals surface area contributed by atoms with Gasteiger partial charge < -0.3 is 4.74 Å². The molecule has 1 aromatic carbocycles. The molecule has 0 atom stereocenters. The first-order valence-electron chi connectivity index (χ1n) is 10.4. The van der Waals surface area contributed by atoms with Gasteiger partial charge in [0.2, 0.25) is 0 Å². The summed E-state index contributed by atoms with van der Waals surface area (Å²) in [5, 5.41) is 13.1. The van der Waals surface area contributed by atoms with E-state index in [4.69, 9.17) is 0 Å². The van der Waals surface area contributed by atoms with Crippen LogP contribution in [-0.4, -0.2) is 39.7 Å². The number of halogens is 6. The number of rotatable bonds is 5. The summed E-state index contributed by atoms with van der Waals surface area (Å²) in [6.45, 7) is 1.30. The Morgan fingerprint density at radius 2 is 1.76 bits per heavy atom. The Bertz CT molecular complexity index is 1770. The predicted molar refractivity (Wildman–Crippen MR) is 118 cm³/mol. The van der Waals surface area contributed by atoms with E-state index in [1.54, 1.807) is 6.07 Å². The molecule has 198 valence electrons. The molecule has 0 fully saturated rings. The topological polar surface area (TPSA) is 119 Å². The van der Waals surface area contributed by atoms with E-state index in [0.29, 0.717) is 21.3 Å². The Hall–Kier alpha value is -4.39. The molecule has 0 aliphatic rings.